The number of carbonyl (C=O) groups excluding carboxylic acids is 2. The molecule has 3 aromatic rings. The average molecular weight is 488 g/mol. The van der Waals surface area contributed by atoms with Gasteiger partial charge in [-0.3, -0.25) is 4.79 Å². The minimum absolute atomic E-state index is 0.154. The Labute approximate surface area is 209 Å². The first-order valence-corrected chi connectivity index (χ1v) is 12.1. The van der Waals surface area contributed by atoms with Crippen LogP contribution in [-0.4, -0.2) is 79.7 Å². The number of nitrogens with zero attached hydrogens (tertiary/aromatic N) is 5. The van der Waals surface area contributed by atoms with E-state index in [0.717, 1.165) is 44.1 Å². The first-order valence-electron chi connectivity index (χ1n) is 12.1. The number of hydrogen-bond donors (Lipinski definition) is 2. The third-order valence-corrected chi connectivity index (χ3v) is 6.33. The molecule has 0 bridgehead atoms. The van der Waals surface area contributed by atoms with E-state index in [1.54, 1.807) is 35.4 Å². The van der Waals surface area contributed by atoms with Gasteiger partial charge in [0.25, 0.3) is 0 Å². The van der Waals surface area contributed by atoms with E-state index >= 15 is 0 Å². The van der Waals surface area contributed by atoms with Gasteiger partial charge in [0.1, 0.15) is 12.1 Å². The first-order chi connectivity index (χ1) is 17.7. The molecule has 186 valence electrons. The molecule has 2 aromatic carbocycles. The summed E-state index contributed by atoms with van der Waals surface area (Å²) in [7, 11) is 0. The van der Waals surface area contributed by atoms with Crippen LogP contribution in [0.25, 0.3) is 0 Å². The normalized spacial score (nSPS) is 15.9. The van der Waals surface area contributed by atoms with Crippen LogP contribution in [0.2, 0.25) is 0 Å². The molecule has 0 unspecified atom stereocenters. The fraction of sp³-hybridized carbons (Fsp3) is 0.308. The summed E-state index contributed by atoms with van der Waals surface area (Å²) in [5, 5.41) is 6.17. The number of aromatic nitrogens is 2. The minimum Gasteiger partial charge on any atom is -0.378 e. The highest BCUT2D eigenvalue weighted by Gasteiger charge is 2.22. The highest BCUT2D eigenvalue weighted by atomic mass is 16.5. The SMILES string of the molecule is O=Cc1ccc(NC(=O)N2CCN(c3ccnc(Nc4ccc(N5CCOCC5)cc4)n3)CC2)cc1. The summed E-state index contributed by atoms with van der Waals surface area (Å²) in [6.07, 6.45) is 2.52. The van der Waals surface area contributed by atoms with Crippen LogP contribution in [-0.2, 0) is 4.74 Å². The number of nitrogens with one attached hydrogen (secondary N) is 2. The number of urea groups is 1. The summed E-state index contributed by atoms with van der Waals surface area (Å²) >= 11 is 0. The van der Waals surface area contributed by atoms with Crippen molar-refractivity contribution in [2.75, 3.05) is 72.9 Å². The molecule has 10 heteroatoms. The van der Waals surface area contributed by atoms with E-state index in [1.807, 2.05) is 18.2 Å². The van der Waals surface area contributed by atoms with Crippen LogP contribution in [0, 0.1) is 0 Å². The highest BCUT2D eigenvalue weighted by molar-refractivity contribution is 5.90. The van der Waals surface area contributed by atoms with Crippen LogP contribution in [0.15, 0.2) is 60.8 Å². The Morgan fingerprint density at radius 3 is 2.22 bits per heavy atom. The zero-order valence-electron chi connectivity index (χ0n) is 20.0. The molecule has 0 saturated carbocycles. The standard InChI is InChI=1S/C26H29N7O3/c34-19-20-1-3-22(4-2-20)29-26(35)33-13-11-32(12-14-33)24-9-10-27-25(30-24)28-21-5-7-23(8-6-21)31-15-17-36-18-16-31/h1-10,19H,11-18H2,(H,29,35)(H,27,28,30). The van der Waals surface area contributed by atoms with Crippen LogP contribution in [0.1, 0.15) is 10.4 Å². The topological polar surface area (TPSA) is 103 Å². The van der Waals surface area contributed by atoms with Crippen molar-refractivity contribution >= 4 is 41.1 Å². The molecule has 2 amide bonds. The number of carbonyl (C=O) groups is 2. The van der Waals surface area contributed by atoms with Crippen molar-refractivity contribution in [3.63, 3.8) is 0 Å². The van der Waals surface area contributed by atoms with Gasteiger partial charge in [-0.15, -0.1) is 0 Å². The fourth-order valence-electron chi connectivity index (χ4n) is 4.28. The number of ether oxygens (including phenoxy) is 1. The predicted octanol–water partition coefficient (Wildman–Crippen LogP) is 3.22. The summed E-state index contributed by atoms with van der Waals surface area (Å²) in [6, 6.07) is 16.8. The van der Waals surface area contributed by atoms with Gasteiger partial charge < -0.3 is 30.1 Å². The number of piperazine rings is 1. The molecule has 0 radical (unpaired) electrons. The monoisotopic (exact) mass is 487 g/mol. The lowest BCUT2D eigenvalue weighted by Gasteiger charge is -2.35. The van der Waals surface area contributed by atoms with Crippen molar-refractivity contribution in [1.29, 1.82) is 0 Å². The molecule has 0 atom stereocenters. The van der Waals surface area contributed by atoms with Crippen molar-refractivity contribution < 1.29 is 14.3 Å². The Balaban J connectivity index is 1.14. The van der Waals surface area contributed by atoms with E-state index in [0.29, 0.717) is 43.4 Å². The molecule has 2 N–H and O–H groups in total. The molecule has 1 aromatic heterocycles. The van der Waals surface area contributed by atoms with Gasteiger partial charge in [-0.1, -0.05) is 0 Å². The number of morpholine rings is 1. The van der Waals surface area contributed by atoms with E-state index in [9.17, 15) is 9.59 Å². The largest absolute Gasteiger partial charge is 0.378 e. The third kappa shape index (κ3) is 5.72. The second-order valence-corrected chi connectivity index (χ2v) is 8.65. The summed E-state index contributed by atoms with van der Waals surface area (Å²) < 4.78 is 5.43. The maximum Gasteiger partial charge on any atom is 0.321 e. The lowest BCUT2D eigenvalue weighted by Crippen LogP contribution is -2.50. The van der Waals surface area contributed by atoms with Gasteiger partial charge in [0.15, 0.2) is 0 Å². The molecule has 2 fully saturated rings. The molecule has 0 spiro atoms. The van der Waals surface area contributed by atoms with Crippen LogP contribution >= 0.6 is 0 Å². The van der Waals surface area contributed by atoms with Gasteiger partial charge >= 0.3 is 6.03 Å². The number of rotatable bonds is 6. The Bertz CT molecular complexity index is 1170. The number of amides is 2. The summed E-state index contributed by atoms with van der Waals surface area (Å²) in [5.41, 5.74) is 3.34. The Morgan fingerprint density at radius 2 is 1.53 bits per heavy atom. The predicted molar refractivity (Wildman–Crippen MR) is 139 cm³/mol. The van der Waals surface area contributed by atoms with Crippen molar-refractivity contribution in [2.24, 2.45) is 0 Å². The molecule has 3 heterocycles. The van der Waals surface area contributed by atoms with Crippen molar-refractivity contribution in [3.05, 3.63) is 66.4 Å². The smallest absolute Gasteiger partial charge is 0.321 e. The molecular formula is C26H29N7O3. The Hall–Kier alpha value is -4.18. The van der Waals surface area contributed by atoms with Gasteiger partial charge in [0, 0.05) is 68.1 Å². The Morgan fingerprint density at radius 1 is 0.833 bits per heavy atom. The van der Waals surface area contributed by atoms with E-state index in [4.69, 9.17) is 4.74 Å². The van der Waals surface area contributed by atoms with E-state index in [1.165, 1.54) is 5.69 Å². The molecule has 2 aliphatic rings. The molecular weight excluding hydrogens is 458 g/mol. The first kappa shape index (κ1) is 23.6. The molecule has 0 aliphatic carbocycles. The zero-order chi connectivity index (χ0) is 24.7. The van der Waals surface area contributed by atoms with E-state index < -0.39 is 0 Å². The molecule has 2 saturated heterocycles. The zero-order valence-corrected chi connectivity index (χ0v) is 20.0. The molecule has 10 nitrogen and oxygen atoms in total. The van der Waals surface area contributed by atoms with Crippen molar-refractivity contribution in [2.45, 2.75) is 0 Å². The van der Waals surface area contributed by atoms with E-state index in [-0.39, 0.29) is 6.03 Å². The minimum atomic E-state index is -0.154. The molecule has 2 aliphatic heterocycles. The van der Waals surface area contributed by atoms with Crippen LogP contribution in [0.3, 0.4) is 0 Å². The molecule has 5 rings (SSSR count). The summed E-state index contributed by atoms with van der Waals surface area (Å²) in [6.45, 7) is 5.82. The highest BCUT2D eigenvalue weighted by Crippen LogP contribution is 2.22. The third-order valence-electron chi connectivity index (χ3n) is 6.33. The second kappa shape index (κ2) is 11.0. The number of anilines is 5. The maximum absolute atomic E-state index is 12.6. The van der Waals surface area contributed by atoms with Gasteiger partial charge in [-0.2, -0.15) is 4.98 Å². The van der Waals surface area contributed by atoms with Crippen LogP contribution in [0.4, 0.5) is 33.6 Å². The lowest BCUT2D eigenvalue weighted by atomic mass is 10.2. The van der Waals surface area contributed by atoms with Crippen LogP contribution in [0.5, 0.6) is 0 Å². The Kier molecular flexibility index (Phi) is 7.23. The second-order valence-electron chi connectivity index (χ2n) is 8.65. The quantitative estimate of drug-likeness (QED) is 0.511. The fourth-order valence-corrected chi connectivity index (χ4v) is 4.28. The number of aldehydes is 1. The van der Waals surface area contributed by atoms with E-state index in [2.05, 4.69) is 42.5 Å². The van der Waals surface area contributed by atoms with Gasteiger partial charge in [0.2, 0.25) is 5.95 Å². The van der Waals surface area contributed by atoms with Crippen molar-refractivity contribution in [1.82, 2.24) is 14.9 Å². The lowest BCUT2D eigenvalue weighted by molar-refractivity contribution is 0.112. The number of hydrogen-bond acceptors (Lipinski definition) is 8. The van der Waals surface area contributed by atoms with Crippen molar-refractivity contribution in [3.8, 4) is 0 Å². The van der Waals surface area contributed by atoms with Crippen LogP contribution < -0.4 is 20.4 Å². The van der Waals surface area contributed by atoms with Gasteiger partial charge in [0.05, 0.1) is 13.2 Å². The van der Waals surface area contributed by atoms with Gasteiger partial charge in [-0.25, -0.2) is 9.78 Å². The summed E-state index contributed by atoms with van der Waals surface area (Å²) in [5.74, 6) is 1.35. The summed E-state index contributed by atoms with van der Waals surface area (Å²) in [4.78, 5) is 38.7. The maximum atomic E-state index is 12.6. The van der Waals surface area contributed by atoms with Gasteiger partial charge in [-0.05, 0) is 54.6 Å². The number of benzene rings is 2. The molecule has 36 heavy (non-hydrogen) atoms. The average Bonchev–Trinajstić information content (AvgIpc) is 2.94.